The number of benzene rings is 1. The van der Waals surface area contributed by atoms with Crippen LogP contribution in [0.3, 0.4) is 0 Å². The fourth-order valence-corrected chi connectivity index (χ4v) is 3.01. The van der Waals surface area contributed by atoms with Gasteiger partial charge in [-0.05, 0) is 36.8 Å². The van der Waals surface area contributed by atoms with Crippen molar-refractivity contribution in [2.75, 3.05) is 13.2 Å². The predicted octanol–water partition coefficient (Wildman–Crippen LogP) is 3.30. The Morgan fingerprint density at radius 3 is 2.63 bits per heavy atom. The topological polar surface area (TPSA) is 38.7 Å². The molecule has 0 saturated carbocycles. The Morgan fingerprint density at radius 2 is 1.89 bits per heavy atom. The average Bonchev–Trinajstić information content (AvgIpc) is 2.72. The van der Waals surface area contributed by atoms with Gasteiger partial charge in [0.1, 0.15) is 6.10 Å². The number of thiophene rings is 1. The molecule has 19 heavy (non-hydrogen) atoms. The van der Waals surface area contributed by atoms with Crippen LogP contribution in [0.5, 0.6) is 11.5 Å². The number of rotatable bonds is 2. The highest BCUT2D eigenvalue weighted by Gasteiger charge is 2.16. The molecule has 1 aromatic carbocycles. The Morgan fingerprint density at radius 1 is 1.11 bits per heavy atom. The minimum atomic E-state index is -0.601. The molecule has 1 N–H and O–H groups in total. The first kappa shape index (κ1) is 12.5. The molecule has 1 aliphatic heterocycles. The molecule has 0 radical (unpaired) electrons. The van der Waals surface area contributed by atoms with Crippen LogP contribution in [0, 0.1) is 6.92 Å². The third-order valence-electron chi connectivity index (χ3n) is 3.12. The number of aliphatic hydroxyl groups is 1. The summed E-state index contributed by atoms with van der Waals surface area (Å²) in [7, 11) is 0. The molecule has 100 valence electrons. The summed E-state index contributed by atoms with van der Waals surface area (Å²) in [5.41, 5.74) is 0.839. The summed E-state index contributed by atoms with van der Waals surface area (Å²) < 4.78 is 11.2. The average molecular weight is 276 g/mol. The highest BCUT2D eigenvalue weighted by molar-refractivity contribution is 7.12. The van der Waals surface area contributed by atoms with Gasteiger partial charge >= 0.3 is 0 Å². The fraction of sp³-hybridized carbons (Fsp3) is 0.333. The monoisotopic (exact) mass is 276 g/mol. The molecule has 0 aliphatic carbocycles. The van der Waals surface area contributed by atoms with Crippen molar-refractivity contribution >= 4 is 11.3 Å². The minimum Gasteiger partial charge on any atom is -0.490 e. The number of aliphatic hydroxyl groups excluding tert-OH is 1. The van der Waals surface area contributed by atoms with E-state index in [-0.39, 0.29) is 0 Å². The number of fused-ring (bicyclic) bond motifs is 1. The third-order valence-corrected chi connectivity index (χ3v) is 4.17. The Bertz CT molecular complexity index is 577. The van der Waals surface area contributed by atoms with Gasteiger partial charge in [0.05, 0.1) is 13.2 Å². The molecule has 2 heterocycles. The number of hydrogen-bond acceptors (Lipinski definition) is 4. The molecular weight excluding hydrogens is 260 g/mol. The lowest BCUT2D eigenvalue weighted by atomic mass is 10.1. The van der Waals surface area contributed by atoms with Crippen LogP contribution >= 0.6 is 11.3 Å². The van der Waals surface area contributed by atoms with E-state index >= 15 is 0 Å². The second kappa shape index (κ2) is 5.23. The molecule has 1 aliphatic rings. The summed E-state index contributed by atoms with van der Waals surface area (Å²) >= 11 is 1.61. The zero-order valence-electron chi connectivity index (χ0n) is 10.8. The van der Waals surface area contributed by atoms with Crippen molar-refractivity contribution in [1.82, 2.24) is 0 Å². The van der Waals surface area contributed by atoms with E-state index in [0.29, 0.717) is 13.2 Å². The van der Waals surface area contributed by atoms with Gasteiger partial charge < -0.3 is 14.6 Å². The van der Waals surface area contributed by atoms with Crippen LogP contribution in [-0.2, 0) is 0 Å². The van der Waals surface area contributed by atoms with Crippen LogP contribution < -0.4 is 9.47 Å². The first-order chi connectivity index (χ1) is 9.24. The molecule has 0 saturated heterocycles. The van der Waals surface area contributed by atoms with Crippen molar-refractivity contribution in [3.8, 4) is 11.5 Å². The molecule has 0 spiro atoms. The molecule has 0 fully saturated rings. The SMILES string of the molecule is Cc1ccc(C(O)c2ccc3c(c2)OCCCO3)s1. The molecular formula is C15H16O3S. The standard InChI is InChI=1S/C15H16O3S/c1-10-3-6-14(19-10)15(16)11-4-5-12-13(9-11)18-8-2-7-17-12/h3-6,9,15-16H,2,7-8H2,1H3. The Kier molecular flexibility index (Phi) is 3.44. The first-order valence-electron chi connectivity index (χ1n) is 6.38. The lowest BCUT2D eigenvalue weighted by Gasteiger charge is -2.13. The van der Waals surface area contributed by atoms with E-state index in [2.05, 4.69) is 0 Å². The van der Waals surface area contributed by atoms with Gasteiger partial charge in [0, 0.05) is 16.2 Å². The van der Waals surface area contributed by atoms with Gasteiger partial charge in [-0.3, -0.25) is 0 Å². The lowest BCUT2D eigenvalue weighted by molar-refractivity contribution is 0.223. The smallest absolute Gasteiger partial charge is 0.161 e. The van der Waals surface area contributed by atoms with E-state index in [9.17, 15) is 5.11 Å². The van der Waals surface area contributed by atoms with Crippen molar-refractivity contribution < 1.29 is 14.6 Å². The van der Waals surface area contributed by atoms with Crippen molar-refractivity contribution in [1.29, 1.82) is 0 Å². The van der Waals surface area contributed by atoms with E-state index in [1.54, 1.807) is 11.3 Å². The van der Waals surface area contributed by atoms with Crippen LogP contribution in [0.4, 0.5) is 0 Å². The maximum absolute atomic E-state index is 10.4. The molecule has 3 rings (SSSR count). The van der Waals surface area contributed by atoms with Gasteiger partial charge in [0.2, 0.25) is 0 Å². The van der Waals surface area contributed by atoms with Crippen molar-refractivity contribution in [2.45, 2.75) is 19.4 Å². The van der Waals surface area contributed by atoms with Gasteiger partial charge in [0.15, 0.2) is 11.5 Å². The van der Waals surface area contributed by atoms with Gasteiger partial charge in [-0.15, -0.1) is 11.3 Å². The molecule has 1 unspecified atom stereocenters. The van der Waals surface area contributed by atoms with Crippen molar-refractivity contribution in [3.05, 3.63) is 45.6 Å². The van der Waals surface area contributed by atoms with Crippen LogP contribution in [0.2, 0.25) is 0 Å². The van der Waals surface area contributed by atoms with E-state index in [4.69, 9.17) is 9.47 Å². The van der Waals surface area contributed by atoms with Gasteiger partial charge in [-0.25, -0.2) is 0 Å². The van der Waals surface area contributed by atoms with Gasteiger partial charge in [-0.1, -0.05) is 6.07 Å². The maximum atomic E-state index is 10.4. The van der Waals surface area contributed by atoms with Crippen LogP contribution in [0.25, 0.3) is 0 Å². The summed E-state index contributed by atoms with van der Waals surface area (Å²) in [5, 5.41) is 10.4. The summed E-state index contributed by atoms with van der Waals surface area (Å²) in [6.07, 6.45) is 0.285. The molecule has 1 atom stereocenters. The van der Waals surface area contributed by atoms with E-state index < -0.39 is 6.10 Å². The highest BCUT2D eigenvalue weighted by atomic mass is 32.1. The van der Waals surface area contributed by atoms with Crippen LogP contribution in [-0.4, -0.2) is 18.3 Å². The Balaban J connectivity index is 1.91. The van der Waals surface area contributed by atoms with E-state index in [1.165, 1.54) is 4.88 Å². The number of hydrogen-bond donors (Lipinski definition) is 1. The summed E-state index contributed by atoms with van der Waals surface area (Å²) in [6, 6.07) is 9.63. The quantitative estimate of drug-likeness (QED) is 0.914. The fourth-order valence-electron chi connectivity index (χ4n) is 2.11. The van der Waals surface area contributed by atoms with Crippen LogP contribution in [0.15, 0.2) is 30.3 Å². The van der Waals surface area contributed by atoms with Crippen molar-refractivity contribution in [2.24, 2.45) is 0 Å². The van der Waals surface area contributed by atoms with Gasteiger partial charge in [0.25, 0.3) is 0 Å². The molecule has 3 nitrogen and oxygen atoms in total. The molecule has 2 aromatic rings. The number of ether oxygens (including phenoxy) is 2. The molecule has 4 heteroatoms. The summed E-state index contributed by atoms with van der Waals surface area (Å²) in [4.78, 5) is 2.15. The number of aryl methyl sites for hydroxylation is 1. The van der Waals surface area contributed by atoms with E-state index in [0.717, 1.165) is 28.4 Å². The normalized spacial score (nSPS) is 15.9. The summed E-state index contributed by atoms with van der Waals surface area (Å²) in [5.74, 6) is 1.48. The predicted molar refractivity (Wildman–Crippen MR) is 75.2 cm³/mol. The minimum absolute atomic E-state index is 0.601. The summed E-state index contributed by atoms with van der Waals surface area (Å²) in [6.45, 7) is 3.37. The third kappa shape index (κ3) is 2.60. The lowest BCUT2D eigenvalue weighted by Crippen LogP contribution is -1.99. The Hall–Kier alpha value is -1.52. The second-order valence-corrected chi connectivity index (χ2v) is 5.93. The van der Waals surface area contributed by atoms with E-state index in [1.807, 2.05) is 37.3 Å². The van der Waals surface area contributed by atoms with Crippen molar-refractivity contribution in [3.63, 3.8) is 0 Å². The molecule has 0 bridgehead atoms. The molecule has 1 aromatic heterocycles. The maximum Gasteiger partial charge on any atom is 0.161 e. The Labute approximate surface area is 116 Å². The zero-order valence-corrected chi connectivity index (χ0v) is 11.6. The largest absolute Gasteiger partial charge is 0.490 e. The van der Waals surface area contributed by atoms with Crippen LogP contribution in [0.1, 0.15) is 27.8 Å². The highest BCUT2D eigenvalue weighted by Crippen LogP contribution is 2.35. The zero-order chi connectivity index (χ0) is 13.2. The van der Waals surface area contributed by atoms with Gasteiger partial charge in [-0.2, -0.15) is 0 Å². The first-order valence-corrected chi connectivity index (χ1v) is 7.19. The molecule has 0 amide bonds. The second-order valence-electron chi connectivity index (χ2n) is 4.61.